The largest absolute Gasteiger partial charge is 0.396 e. The molecule has 0 aliphatic heterocycles. The van der Waals surface area contributed by atoms with Gasteiger partial charge in [-0.3, -0.25) is 0 Å². The molecule has 0 amide bonds. The first-order chi connectivity index (χ1) is 5.91. The Hall–Kier alpha value is -0.0800. The molecule has 0 atom stereocenters. The van der Waals surface area contributed by atoms with Gasteiger partial charge in [-0.25, -0.2) is 0 Å². The van der Waals surface area contributed by atoms with Crippen LogP contribution in [-0.2, 0) is 0 Å². The predicted octanol–water partition coefficient (Wildman–Crippen LogP) is 1.74. The number of unbranched alkanes of at least 4 members (excludes halogenated alkanes) is 4. The molecule has 0 saturated heterocycles. The summed E-state index contributed by atoms with van der Waals surface area (Å²) in [6.07, 6.45) is 6.79. The lowest BCUT2D eigenvalue weighted by molar-refractivity contribution is 0.282. The molecule has 2 heteroatoms. The van der Waals surface area contributed by atoms with Crippen molar-refractivity contribution in [1.82, 2.24) is 5.32 Å². The number of aliphatic hydroxyl groups is 1. The molecule has 0 spiro atoms. The molecule has 0 saturated carbocycles. The van der Waals surface area contributed by atoms with Gasteiger partial charge in [-0.05, 0) is 32.4 Å². The highest BCUT2D eigenvalue weighted by Gasteiger charge is 1.88. The van der Waals surface area contributed by atoms with E-state index >= 15 is 0 Å². The summed E-state index contributed by atoms with van der Waals surface area (Å²) in [6.45, 7) is 6.34. The molecule has 2 nitrogen and oxygen atoms in total. The number of hydrogen-bond acceptors (Lipinski definition) is 2. The summed E-state index contributed by atoms with van der Waals surface area (Å²) in [6, 6.07) is 0. The Labute approximate surface area is 76.4 Å². The van der Waals surface area contributed by atoms with E-state index in [0.29, 0.717) is 6.61 Å². The van der Waals surface area contributed by atoms with Crippen LogP contribution in [0.3, 0.4) is 0 Å². The summed E-state index contributed by atoms with van der Waals surface area (Å²) in [5, 5.41) is 11.9. The van der Waals surface area contributed by atoms with Gasteiger partial charge in [-0.15, -0.1) is 0 Å². The number of nitrogens with one attached hydrogen (secondary N) is 1. The van der Waals surface area contributed by atoms with Crippen molar-refractivity contribution < 1.29 is 5.11 Å². The lowest BCUT2D eigenvalue weighted by atomic mass is 10.2. The molecular weight excluding hydrogens is 150 g/mol. The van der Waals surface area contributed by atoms with Crippen LogP contribution in [0.15, 0.2) is 0 Å². The maximum Gasteiger partial charge on any atom is 0.0431 e. The van der Waals surface area contributed by atoms with Crippen molar-refractivity contribution in [2.24, 2.45) is 0 Å². The van der Waals surface area contributed by atoms with Crippen LogP contribution < -0.4 is 5.32 Å². The van der Waals surface area contributed by atoms with Gasteiger partial charge in [0.1, 0.15) is 0 Å². The van der Waals surface area contributed by atoms with Gasteiger partial charge in [0.05, 0.1) is 0 Å². The van der Waals surface area contributed by atoms with Crippen molar-refractivity contribution in [3.8, 4) is 0 Å². The van der Waals surface area contributed by atoms with Crippen molar-refractivity contribution in [2.75, 3.05) is 19.7 Å². The third-order valence-electron chi connectivity index (χ3n) is 1.87. The Kier molecular flexibility index (Phi) is 10.8. The van der Waals surface area contributed by atoms with E-state index in [1.165, 1.54) is 19.3 Å². The Morgan fingerprint density at radius 2 is 1.58 bits per heavy atom. The number of aliphatic hydroxyl groups excluding tert-OH is 1. The van der Waals surface area contributed by atoms with Gasteiger partial charge < -0.3 is 10.4 Å². The molecular formula is C10H22NO. The number of hydrogen-bond donors (Lipinski definition) is 2. The quantitative estimate of drug-likeness (QED) is 0.519. The summed E-state index contributed by atoms with van der Waals surface area (Å²) in [4.78, 5) is 0. The summed E-state index contributed by atoms with van der Waals surface area (Å²) >= 11 is 0. The first-order valence-electron chi connectivity index (χ1n) is 5.02. The highest BCUT2D eigenvalue weighted by Crippen LogP contribution is 1.97. The van der Waals surface area contributed by atoms with Gasteiger partial charge in [-0.1, -0.05) is 26.2 Å². The minimum Gasteiger partial charge on any atom is -0.396 e. The molecule has 1 radical (unpaired) electrons. The van der Waals surface area contributed by atoms with Crippen molar-refractivity contribution in [3.63, 3.8) is 0 Å². The second-order valence-corrected chi connectivity index (χ2v) is 3.09. The second kappa shape index (κ2) is 10.9. The van der Waals surface area contributed by atoms with Crippen LogP contribution in [0.4, 0.5) is 0 Å². The average molecular weight is 172 g/mol. The molecule has 0 aliphatic carbocycles. The average Bonchev–Trinajstić information content (AvgIpc) is 2.10. The first kappa shape index (κ1) is 11.9. The van der Waals surface area contributed by atoms with Crippen LogP contribution in [0.5, 0.6) is 0 Å². The molecule has 0 rings (SSSR count). The summed E-state index contributed by atoms with van der Waals surface area (Å²) < 4.78 is 0. The monoisotopic (exact) mass is 172 g/mol. The van der Waals surface area contributed by atoms with Gasteiger partial charge in [0.2, 0.25) is 0 Å². The van der Waals surface area contributed by atoms with Gasteiger partial charge in [-0.2, -0.15) is 0 Å². The molecule has 0 bridgehead atoms. The zero-order chi connectivity index (χ0) is 9.07. The highest BCUT2D eigenvalue weighted by atomic mass is 16.2. The van der Waals surface area contributed by atoms with Crippen LogP contribution in [0.1, 0.15) is 38.5 Å². The van der Waals surface area contributed by atoms with Crippen molar-refractivity contribution in [1.29, 1.82) is 0 Å². The minimum absolute atomic E-state index is 0.342. The maximum atomic E-state index is 8.52. The first-order valence-corrected chi connectivity index (χ1v) is 5.02. The summed E-state index contributed by atoms with van der Waals surface area (Å²) in [5.41, 5.74) is 0. The Morgan fingerprint density at radius 1 is 0.917 bits per heavy atom. The van der Waals surface area contributed by atoms with E-state index in [1.807, 2.05) is 0 Å². The fourth-order valence-electron chi connectivity index (χ4n) is 1.09. The summed E-state index contributed by atoms with van der Waals surface area (Å²) in [7, 11) is 0. The molecule has 0 aromatic carbocycles. The van der Waals surface area contributed by atoms with Gasteiger partial charge in [0, 0.05) is 6.61 Å². The van der Waals surface area contributed by atoms with Gasteiger partial charge >= 0.3 is 0 Å². The third-order valence-corrected chi connectivity index (χ3v) is 1.87. The van der Waals surface area contributed by atoms with E-state index in [1.54, 1.807) is 0 Å². The minimum atomic E-state index is 0.342. The van der Waals surface area contributed by atoms with E-state index in [9.17, 15) is 0 Å². The Morgan fingerprint density at radius 3 is 2.25 bits per heavy atom. The lowest BCUT2D eigenvalue weighted by Gasteiger charge is -2.02. The molecule has 0 unspecified atom stereocenters. The summed E-state index contributed by atoms with van der Waals surface area (Å²) in [5.74, 6) is 0. The third kappa shape index (κ3) is 9.92. The molecule has 0 aromatic heterocycles. The van der Waals surface area contributed by atoms with E-state index in [-0.39, 0.29) is 0 Å². The topological polar surface area (TPSA) is 32.3 Å². The molecule has 0 heterocycles. The zero-order valence-electron chi connectivity index (χ0n) is 8.02. The fraction of sp³-hybridized carbons (Fsp3) is 0.900. The molecule has 0 aliphatic rings. The van der Waals surface area contributed by atoms with Crippen molar-refractivity contribution in [3.05, 3.63) is 6.92 Å². The fourth-order valence-corrected chi connectivity index (χ4v) is 1.09. The van der Waals surface area contributed by atoms with Gasteiger partial charge in [0.25, 0.3) is 0 Å². The SMILES string of the molecule is [CH2]CCCNCCCCCCO. The van der Waals surface area contributed by atoms with Crippen LogP contribution in [0, 0.1) is 6.92 Å². The van der Waals surface area contributed by atoms with Crippen LogP contribution >= 0.6 is 0 Å². The highest BCUT2D eigenvalue weighted by molar-refractivity contribution is 4.50. The normalized spacial score (nSPS) is 10.5. The van der Waals surface area contributed by atoms with E-state index in [2.05, 4.69) is 12.2 Å². The maximum absolute atomic E-state index is 8.52. The number of rotatable bonds is 9. The van der Waals surface area contributed by atoms with E-state index < -0.39 is 0 Å². The van der Waals surface area contributed by atoms with E-state index in [0.717, 1.165) is 32.4 Å². The molecule has 2 N–H and O–H groups in total. The Bertz CT molecular complexity index is 66.2. The second-order valence-electron chi connectivity index (χ2n) is 3.09. The molecule has 0 fully saturated rings. The smallest absolute Gasteiger partial charge is 0.0431 e. The molecule has 12 heavy (non-hydrogen) atoms. The van der Waals surface area contributed by atoms with Crippen LogP contribution in [0.2, 0.25) is 0 Å². The molecule has 73 valence electrons. The van der Waals surface area contributed by atoms with Crippen molar-refractivity contribution >= 4 is 0 Å². The van der Waals surface area contributed by atoms with Gasteiger partial charge in [0.15, 0.2) is 0 Å². The lowest BCUT2D eigenvalue weighted by Crippen LogP contribution is -2.16. The molecule has 0 aromatic rings. The van der Waals surface area contributed by atoms with Crippen LogP contribution in [-0.4, -0.2) is 24.8 Å². The Balaban J connectivity index is 2.73. The van der Waals surface area contributed by atoms with E-state index in [4.69, 9.17) is 5.11 Å². The zero-order valence-corrected chi connectivity index (χ0v) is 8.02. The van der Waals surface area contributed by atoms with Crippen molar-refractivity contribution in [2.45, 2.75) is 38.5 Å². The predicted molar refractivity (Wildman–Crippen MR) is 53.0 cm³/mol. The standard InChI is InChI=1S/C10H22NO/c1-2-3-8-11-9-6-4-5-7-10-12/h11-12H,1-10H2. The van der Waals surface area contributed by atoms with Crippen LogP contribution in [0.25, 0.3) is 0 Å².